The van der Waals surface area contributed by atoms with Crippen LogP contribution in [0.25, 0.3) is 0 Å². The van der Waals surface area contributed by atoms with Crippen molar-refractivity contribution in [1.29, 1.82) is 0 Å². The Balaban J connectivity index is 0.000000746. The van der Waals surface area contributed by atoms with E-state index in [0.29, 0.717) is 19.1 Å². The van der Waals surface area contributed by atoms with Gasteiger partial charge in [-0.25, -0.2) is 0 Å². The Hall–Kier alpha value is -3.26. The zero-order chi connectivity index (χ0) is 27.4. The van der Waals surface area contributed by atoms with Crippen molar-refractivity contribution < 1.29 is 9.47 Å². The highest BCUT2D eigenvalue weighted by atomic mass is 16.5. The summed E-state index contributed by atoms with van der Waals surface area (Å²) in [6.45, 7) is 25.3. The average Bonchev–Trinajstić information content (AvgIpc) is 2.91. The highest BCUT2D eigenvalue weighted by molar-refractivity contribution is 5.41. The van der Waals surface area contributed by atoms with E-state index < -0.39 is 0 Å². The van der Waals surface area contributed by atoms with Gasteiger partial charge in [0, 0.05) is 5.41 Å². The lowest BCUT2D eigenvalue weighted by Crippen LogP contribution is -2.19. The van der Waals surface area contributed by atoms with Gasteiger partial charge in [-0.1, -0.05) is 121 Å². The Morgan fingerprint density at radius 3 is 2.06 bits per heavy atom. The predicted octanol–water partition coefficient (Wildman–Crippen LogP) is 9.95. The van der Waals surface area contributed by atoms with Crippen LogP contribution in [0.2, 0.25) is 0 Å². The van der Waals surface area contributed by atoms with Gasteiger partial charge in [0.05, 0.1) is 0 Å². The SMILES string of the molecule is C=CCOC(/C=C\C=C/C)=C/C.C=CCOc1ccc(C(C)(C)c2cccc(C(C)C)c2)cc1.CC. The lowest BCUT2D eigenvalue weighted by molar-refractivity contribution is 0.261. The maximum atomic E-state index is 5.56. The zero-order valence-electron chi connectivity index (χ0n) is 23.9. The van der Waals surface area contributed by atoms with Crippen molar-refractivity contribution in [2.45, 2.75) is 66.7 Å². The van der Waals surface area contributed by atoms with Crippen LogP contribution in [-0.2, 0) is 10.2 Å². The molecule has 0 atom stereocenters. The normalized spacial score (nSPS) is 11.4. The molecule has 2 aromatic rings. The van der Waals surface area contributed by atoms with E-state index in [1.54, 1.807) is 12.2 Å². The third kappa shape index (κ3) is 11.9. The monoisotopic (exact) mass is 488 g/mol. The summed E-state index contributed by atoms with van der Waals surface area (Å²) >= 11 is 0. The first-order valence-electron chi connectivity index (χ1n) is 12.9. The molecule has 0 aromatic heterocycles. The van der Waals surface area contributed by atoms with Crippen molar-refractivity contribution in [1.82, 2.24) is 0 Å². The zero-order valence-corrected chi connectivity index (χ0v) is 23.9. The number of allylic oxidation sites excluding steroid dienone is 5. The molecule has 0 aliphatic rings. The summed E-state index contributed by atoms with van der Waals surface area (Å²) < 4.78 is 10.9. The molecule has 2 nitrogen and oxygen atoms in total. The van der Waals surface area contributed by atoms with Crippen LogP contribution >= 0.6 is 0 Å². The van der Waals surface area contributed by atoms with Gasteiger partial charge >= 0.3 is 0 Å². The molecule has 2 rings (SSSR count). The highest BCUT2D eigenvalue weighted by Gasteiger charge is 2.23. The Bertz CT molecular complexity index is 957. The van der Waals surface area contributed by atoms with Gasteiger partial charge in [0.25, 0.3) is 0 Å². The number of hydrogen-bond acceptors (Lipinski definition) is 2. The van der Waals surface area contributed by atoms with Gasteiger partial charge < -0.3 is 9.47 Å². The van der Waals surface area contributed by atoms with Crippen molar-refractivity contribution >= 4 is 0 Å². The summed E-state index contributed by atoms with van der Waals surface area (Å²) in [5.41, 5.74) is 4.00. The van der Waals surface area contributed by atoms with Crippen molar-refractivity contribution in [2.24, 2.45) is 0 Å². The minimum Gasteiger partial charge on any atom is -0.490 e. The van der Waals surface area contributed by atoms with Gasteiger partial charge in [0.15, 0.2) is 0 Å². The van der Waals surface area contributed by atoms with Gasteiger partial charge in [-0.05, 0) is 60.7 Å². The van der Waals surface area contributed by atoms with Crippen LogP contribution in [-0.4, -0.2) is 13.2 Å². The predicted molar refractivity (Wildman–Crippen MR) is 160 cm³/mol. The first-order valence-corrected chi connectivity index (χ1v) is 12.9. The van der Waals surface area contributed by atoms with Gasteiger partial charge in [-0.15, -0.1) is 0 Å². The smallest absolute Gasteiger partial charge is 0.119 e. The second-order valence-corrected chi connectivity index (χ2v) is 8.70. The van der Waals surface area contributed by atoms with E-state index in [-0.39, 0.29) is 5.41 Å². The largest absolute Gasteiger partial charge is 0.490 e. The number of rotatable bonds is 11. The fourth-order valence-electron chi connectivity index (χ4n) is 3.22. The molecule has 196 valence electrons. The second-order valence-electron chi connectivity index (χ2n) is 8.70. The minimum absolute atomic E-state index is 0.0259. The van der Waals surface area contributed by atoms with Crippen LogP contribution in [0, 0.1) is 0 Å². The van der Waals surface area contributed by atoms with E-state index in [2.05, 4.69) is 77.3 Å². The molecule has 0 unspecified atom stereocenters. The maximum absolute atomic E-state index is 5.56. The Kier molecular flexibility index (Phi) is 17.3. The molecule has 0 bridgehead atoms. The number of hydrogen-bond donors (Lipinski definition) is 0. The van der Waals surface area contributed by atoms with Gasteiger partial charge in [0.1, 0.15) is 24.7 Å². The molecule has 0 aliphatic heterocycles. The third-order valence-electron chi connectivity index (χ3n) is 5.44. The van der Waals surface area contributed by atoms with Gasteiger partial charge in [-0.3, -0.25) is 0 Å². The van der Waals surface area contributed by atoms with Crippen LogP contribution < -0.4 is 4.74 Å². The molecule has 0 fully saturated rings. The van der Waals surface area contributed by atoms with E-state index in [0.717, 1.165) is 11.5 Å². The second kappa shape index (κ2) is 19.0. The van der Waals surface area contributed by atoms with Crippen LogP contribution in [0.3, 0.4) is 0 Å². The molecule has 0 N–H and O–H groups in total. The van der Waals surface area contributed by atoms with Crippen LogP contribution in [0.5, 0.6) is 5.75 Å². The lowest BCUT2D eigenvalue weighted by Gasteiger charge is -2.27. The van der Waals surface area contributed by atoms with Gasteiger partial charge in [0.2, 0.25) is 0 Å². The van der Waals surface area contributed by atoms with Crippen LogP contribution in [0.4, 0.5) is 0 Å². The molecule has 0 saturated carbocycles. The quantitative estimate of drug-likeness (QED) is 0.178. The van der Waals surface area contributed by atoms with E-state index >= 15 is 0 Å². The molecule has 36 heavy (non-hydrogen) atoms. The Labute approximate surface area is 221 Å². The average molecular weight is 489 g/mol. The molecule has 0 radical (unpaired) electrons. The fraction of sp³-hybridized carbons (Fsp3) is 0.353. The number of benzene rings is 2. The van der Waals surface area contributed by atoms with E-state index in [1.807, 2.05) is 70.2 Å². The third-order valence-corrected chi connectivity index (χ3v) is 5.44. The van der Waals surface area contributed by atoms with E-state index in [4.69, 9.17) is 9.47 Å². The van der Waals surface area contributed by atoms with Crippen molar-refractivity contribution in [3.8, 4) is 5.75 Å². The topological polar surface area (TPSA) is 18.5 Å². The molecule has 2 aromatic carbocycles. The first-order chi connectivity index (χ1) is 17.3. The standard InChI is InChI=1S/C21H26O.C11H16O.C2H6/c1-6-14-22-20-12-10-18(11-13-20)21(4,5)19-9-7-8-17(15-19)16(2)3;1-4-7-8-9-11(6-3)12-10-5-2;1-2/h6-13,15-16H,1,14H2,2-5H3;4-9H,2,10H2,1,3H3;1-2H3/b;7-4-,9-8-,11-6+;. The maximum Gasteiger partial charge on any atom is 0.119 e. The summed E-state index contributed by atoms with van der Waals surface area (Å²) in [7, 11) is 0. The summed E-state index contributed by atoms with van der Waals surface area (Å²) in [6, 6.07) is 17.3. The Morgan fingerprint density at radius 2 is 1.53 bits per heavy atom. The summed E-state index contributed by atoms with van der Waals surface area (Å²) in [4.78, 5) is 0. The molecular weight excluding hydrogens is 440 g/mol. The van der Waals surface area contributed by atoms with Gasteiger partial charge in [-0.2, -0.15) is 0 Å². The van der Waals surface area contributed by atoms with E-state index in [1.165, 1.54) is 16.7 Å². The molecule has 0 aliphatic carbocycles. The Morgan fingerprint density at radius 1 is 0.889 bits per heavy atom. The van der Waals surface area contributed by atoms with Crippen molar-refractivity contribution in [3.05, 3.63) is 127 Å². The van der Waals surface area contributed by atoms with Crippen molar-refractivity contribution in [3.63, 3.8) is 0 Å². The minimum atomic E-state index is -0.0259. The summed E-state index contributed by atoms with van der Waals surface area (Å²) in [5.74, 6) is 2.30. The molecule has 0 heterocycles. The fourth-order valence-corrected chi connectivity index (χ4v) is 3.22. The molecule has 0 spiro atoms. The van der Waals surface area contributed by atoms with Crippen molar-refractivity contribution in [2.75, 3.05) is 13.2 Å². The summed E-state index contributed by atoms with van der Waals surface area (Å²) in [6.07, 6.45) is 13.2. The molecule has 0 amide bonds. The molecular formula is C34H48O2. The molecule has 2 heteroatoms. The highest BCUT2D eigenvalue weighted by Crippen LogP contribution is 2.33. The molecule has 0 saturated heterocycles. The van der Waals surface area contributed by atoms with Crippen LogP contribution in [0.15, 0.2) is 110 Å². The number of ether oxygens (including phenoxy) is 2. The first kappa shape index (κ1) is 32.7. The summed E-state index contributed by atoms with van der Waals surface area (Å²) in [5, 5.41) is 0. The van der Waals surface area contributed by atoms with Crippen LogP contribution in [0.1, 0.15) is 78.0 Å². The van der Waals surface area contributed by atoms with E-state index in [9.17, 15) is 0 Å². The lowest BCUT2D eigenvalue weighted by atomic mass is 9.77.